The third kappa shape index (κ3) is 4.29. The highest BCUT2D eigenvalue weighted by molar-refractivity contribution is 7.89. The Bertz CT molecular complexity index is 502. The van der Waals surface area contributed by atoms with Crippen LogP contribution in [0.25, 0.3) is 0 Å². The van der Waals surface area contributed by atoms with Crippen molar-refractivity contribution in [2.45, 2.75) is 52.2 Å². The first-order valence-electron chi connectivity index (χ1n) is 6.43. The lowest BCUT2D eigenvalue weighted by atomic mass is 9.89. The number of nitrogens with zero attached hydrogens (tertiary/aromatic N) is 1. The second-order valence-electron chi connectivity index (χ2n) is 5.71. The smallest absolute Gasteiger partial charge is 0.258 e. The van der Waals surface area contributed by atoms with Crippen LogP contribution < -0.4 is 10.0 Å². The van der Waals surface area contributed by atoms with E-state index in [1.807, 2.05) is 34.6 Å². The summed E-state index contributed by atoms with van der Waals surface area (Å²) in [5, 5.41) is 9.64. The number of nitrogens with one attached hydrogen (secondary N) is 3. The molecule has 7 heteroatoms. The van der Waals surface area contributed by atoms with E-state index in [1.54, 1.807) is 6.20 Å². The van der Waals surface area contributed by atoms with Crippen LogP contribution in [0.2, 0.25) is 0 Å². The first-order chi connectivity index (χ1) is 8.68. The minimum atomic E-state index is -3.57. The van der Waals surface area contributed by atoms with E-state index < -0.39 is 10.0 Å². The molecule has 110 valence electrons. The molecular formula is C12H24N4O2S. The molecule has 0 aromatic carbocycles. The number of hydrogen-bond acceptors (Lipinski definition) is 4. The number of sulfonamides is 1. The Hall–Kier alpha value is -0.920. The van der Waals surface area contributed by atoms with Gasteiger partial charge in [-0.25, -0.2) is 13.1 Å². The summed E-state index contributed by atoms with van der Waals surface area (Å²) in [5.41, 5.74) is 0.505. The molecule has 1 unspecified atom stereocenters. The highest BCUT2D eigenvalue weighted by atomic mass is 32.2. The lowest BCUT2D eigenvalue weighted by molar-refractivity contribution is 0.317. The molecule has 0 radical (unpaired) electrons. The quantitative estimate of drug-likeness (QED) is 0.735. The van der Waals surface area contributed by atoms with Crippen LogP contribution in [0.4, 0.5) is 0 Å². The SMILES string of the molecule is CCNCc1cn[nH]c1S(=O)(=O)NC(C)C(C)(C)C. The van der Waals surface area contributed by atoms with E-state index in [0.29, 0.717) is 12.1 Å². The molecule has 1 rings (SSSR count). The predicted molar refractivity (Wildman–Crippen MR) is 75.2 cm³/mol. The number of aromatic amines is 1. The molecule has 0 bridgehead atoms. The first kappa shape index (κ1) is 16.1. The lowest BCUT2D eigenvalue weighted by Gasteiger charge is -2.27. The van der Waals surface area contributed by atoms with Gasteiger partial charge in [-0.1, -0.05) is 27.7 Å². The van der Waals surface area contributed by atoms with Crippen LogP contribution in [-0.2, 0) is 16.6 Å². The molecule has 0 amide bonds. The zero-order valence-electron chi connectivity index (χ0n) is 12.2. The monoisotopic (exact) mass is 288 g/mol. The Kier molecular flexibility index (Phi) is 5.11. The number of rotatable bonds is 6. The van der Waals surface area contributed by atoms with E-state index in [9.17, 15) is 8.42 Å². The van der Waals surface area contributed by atoms with Crippen LogP contribution in [-0.4, -0.2) is 31.2 Å². The summed E-state index contributed by atoms with van der Waals surface area (Å²) >= 11 is 0. The van der Waals surface area contributed by atoms with Crippen molar-refractivity contribution in [1.29, 1.82) is 0 Å². The van der Waals surface area contributed by atoms with Gasteiger partial charge < -0.3 is 5.32 Å². The minimum absolute atomic E-state index is 0.143. The molecule has 0 fully saturated rings. The highest BCUT2D eigenvalue weighted by Crippen LogP contribution is 2.21. The maximum absolute atomic E-state index is 12.3. The van der Waals surface area contributed by atoms with Crippen molar-refractivity contribution in [1.82, 2.24) is 20.2 Å². The zero-order chi connectivity index (χ0) is 14.7. The van der Waals surface area contributed by atoms with E-state index in [2.05, 4.69) is 20.2 Å². The normalized spacial score (nSPS) is 14.6. The lowest BCUT2D eigenvalue weighted by Crippen LogP contribution is -2.41. The van der Waals surface area contributed by atoms with E-state index in [4.69, 9.17) is 0 Å². The van der Waals surface area contributed by atoms with Crippen molar-refractivity contribution < 1.29 is 8.42 Å². The van der Waals surface area contributed by atoms with Crippen molar-refractivity contribution in [2.75, 3.05) is 6.54 Å². The van der Waals surface area contributed by atoms with Crippen LogP contribution in [0.5, 0.6) is 0 Å². The molecule has 1 heterocycles. The highest BCUT2D eigenvalue weighted by Gasteiger charge is 2.28. The van der Waals surface area contributed by atoms with Crippen LogP contribution in [0.3, 0.4) is 0 Å². The summed E-state index contributed by atoms with van der Waals surface area (Å²) in [6.07, 6.45) is 1.54. The maximum Gasteiger partial charge on any atom is 0.258 e. The predicted octanol–water partition coefficient (Wildman–Crippen LogP) is 1.23. The molecular weight excluding hydrogens is 264 g/mol. The van der Waals surface area contributed by atoms with Gasteiger partial charge in [-0.3, -0.25) is 5.10 Å². The molecule has 1 atom stereocenters. The summed E-state index contributed by atoms with van der Waals surface area (Å²) in [5.74, 6) is 0. The van der Waals surface area contributed by atoms with Crippen LogP contribution in [0.1, 0.15) is 40.2 Å². The Balaban J connectivity index is 2.92. The van der Waals surface area contributed by atoms with Crippen molar-refractivity contribution in [3.63, 3.8) is 0 Å². The first-order valence-corrected chi connectivity index (χ1v) is 7.92. The van der Waals surface area contributed by atoms with Crippen LogP contribution in [0, 0.1) is 5.41 Å². The third-order valence-corrected chi connectivity index (χ3v) is 4.70. The van der Waals surface area contributed by atoms with E-state index in [0.717, 1.165) is 6.54 Å². The van der Waals surface area contributed by atoms with Gasteiger partial charge in [-0.15, -0.1) is 0 Å². The molecule has 1 aromatic heterocycles. The van der Waals surface area contributed by atoms with Crippen molar-refractivity contribution in [3.05, 3.63) is 11.8 Å². The molecule has 19 heavy (non-hydrogen) atoms. The molecule has 0 aliphatic rings. The maximum atomic E-state index is 12.3. The Morgan fingerprint density at radius 1 is 1.42 bits per heavy atom. The van der Waals surface area contributed by atoms with Crippen molar-refractivity contribution >= 4 is 10.0 Å². The summed E-state index contributed by atoms with van der Waals surface area (Å²) in [6, 6.07) is -0.173. The van der Waals surface area contributed by atoms with E-state index >= 15 is 0 Å². The second-order valence-corrected chi connectivity index (χ2v) is 7.36. The van der Waals surface area contributed by atoms with Crippen LogP contribution in [0.15, 0.2) is 11.2 Å². The molecule has 0 aliphatic heterocycles. The van der Waals surface area contributed by atoms with Gasteiger partial charge in [0.25, 0.3) is 10.0 Å². The summed E-state index contributed by atoms with van der Waals surface area (Å²) in [7, 11) is -3.57. The van der Waals surface area contributed by atoms with E-state index in [1.165, 1.54) is 0 Å². The Morgan fingerprint density at radius 2 is 2.05 bits per heavy atom. The van der Waals surface area contributed by atoms with Crippen LogP contribution >= 0.6 is 0 Å². The van der Waals surface area contributed by atoms with Gasteiger partial charge in [0, 0.05) is 18.2 Å². The zero-order valence-corrected chi connectivity index (χ0v) is 13.1. The largest absolute Gasteiger partial charge is 0.313 e. The van der Waals surface area contributed by atoms with Crippen molar-refractivity contribution in [2.24, 2.45) is 5.41 Å². The van der Waals surface area contributed by atoms with Gasteiger partial charge in [0.2, 0.25) is 0 Å². The summed E-state index contributed by atoms with van der Waals surface area (Å²) in [6.45, 7) is 11.1. The summed E-state index contributed by atoms with van der Waals surface area (Å²) in [4.78, 5) is 0. The second kappa shape index (κ2) is 6.02. The van der Waals surface area contributed by atoms with Gasteiger partial charge in [0.1, 0.15) is 0 Å². The number of aromatic nitrogens is 2. The Labute approximate surface area is 115 Å². The Morgan fingerprint density at radius 3 is 2.58 bits per heavy atom. The fourth-order valence-corrected chi connectivity index (χ4v) is 2.97. The molecule has 1 aromatic rings. The fourth-order valence-electron chi connectivity index (χ4n) is 1.39. The molecule has 0 spiro atoms. The molecule has 0 saturated carbocycles. The van der Waals surface area contributed by atoms with Crippen molar-refractivity contribution in [3.8, 4) is 0 Å². The molecule has 0 aliphatic carbocycles. The standard InChI is InChI=1S/C12H24N4O2S/c1-6-13-7-10-8-14-15-11(10)19(17,18)16-9(2)12(3,4)5/h8-9,13,16H,6-7H2,1-5H3,(H,14,15). The van der Waals surface area contributed by atoms with Gasteiger partial charge >= 0.3 is 0 Å². The average Bonchev–Trinajstić information content (AvgIpc) is 2.73. The molecule has 0 saturated heterocycles. The number of hydrogen-bond donors (Lipinski definition) is 3. The topological polar surface area (TPSA) is 86.9 Å². The van der Waals surface area contributed by atoms with Gasteiger partial charge in [0.15, 0.2) is 5.03 Å². The summed E-state index contributed by atoms with van der Waals surface area (Å²) < 4.78 is 27.3. The van der Waals surface area contributed by atoms with Gasteiger partial charge in [-0.2, -0.15) is 5.10 Å². The van der Waals surface area contributed by atoms with Gasteiger partial charge in [-0.05, 0) is 18.9 Å². The fraction of sp³-hybridized carbons (Fsp3) is 0.750. The van der Waals surface area contributed by atoms with Gasteiger partial charge in [0.05, 0.1) is 6.20 Å². The molecule has 6 nitrogen and oxygen atoms in total. The number of H-pyrrole nitrogens is 1. The third-order valence-electron chi connectivity index (χ3n) is 3.14. The minimum Gasteiger partial charge on any atom is -0.313 e. The van der Waals surface area contributed by atoms with E-state index in [-0.39, 0.29) is 16.5 Å². The molecule has 3 N–H and O–H groups in total. The average molecular weight is 288 g/mol.